The van der Waals surface area contributed by atoms with Crippen molar-refractivity contribution < 1.29 is 0 Å². The smallest absolute Gasteiger partial charge is 0.256 e. The van der Waals surface area contributed by atoms with Crippen LogP contribution in [0.1, 0.15) is 25.3 Å². The summed E-state index contributed by atoms with van der Waals surface area (Å²) in [5, 5.41) is 0. The maximum absolute atomic E-state index is 11.3. The molecule has 0 radical (unpaired) electrons. The lowest BCUT2D eigenvalue weighted by Gasteiger charge is -2.07. The van der Waals surface area contributed by atoms with Crippen molar-refractivity contribution in [3.8, 4) is 0 Å². The molecule has 0 amide bonds. The summed E-state index contributed by atoms with van der Waals surface area (Å²) >= 11 is 0. The minimum Gasteiger partial charge on any atom is -0.327 e. The minimum atomic E-state index is -0.223. The molecule has 0 N–H and O–H groups in total. The third-order valence-electron chi connectivity index (χ3n) is 1.97. The third-order valence-corrected chi connectivity index (χ3v) is 1.97. The van der Waals surface area contributed by atoms with Crippen LogP contribution in [0.5, 0.6) is 0 Å². The maximum atomic E-state index is 11.3. The average molecular weight is 176 g/mol. The zero-order valence-corrected chi connectivity index (χ0v) is 8.03. The highest BCUT2D eigenvalue weighted by Gasteiger charge is 2.06. The SMILES string of the molecule is [C-]#[N+]c1cc(C(C)C)cn(C)c1=O. The van der Waals surface area contributed by atoms with E-state index in [1.54, 1.807) is 19.3 Å². The summed E-state index contributed by atoms with van der Waals surface area (Å²) < 4.78 is 1.46. The molecule has 0 aliphatic heterocycles. The Balaban J connectivity index is 3.42. The number of pyridine rings is 1. The van der Waals surface area contributed by atoms with Crippen LogP contribution < -0.4 is 5.56 Å². The van der Waals surface area contributed by atoms with Gasteiger partial charge < -0.3 is 4.57 Å². The van der Waals surface area contributed by atoms with Crippen molar-refractivity contribution in [3.63, 3.8) is 0 Å². The van der Waals surface area contributed by atoms with Crippen molar-refractivity contribution in [1.82, 2.24) is 4.57 Å². The molecule has 0 atom stereocenters. The molecule has 1 rings (SSSR count). The number of aromatic nitrogens is 1. The van der Waals surface area contributed by atoms with Gasteiger partial charge in [-0.05, 0) is 17.5 Å². The van der Waals surface area contributed by atoms with Crippen molar-refractivity contribution in [2.45, 2.75) is 19.8 Å². The van der Waals surface area contributed by atoms with Gasteiger partial charge in [0.05, 0.1) is 6.57 Å². The first-order valence-corrected chi connectivity index (χ1v) is 4.14. The average Bonchev–Trinajstić information content (AvgIpc) is 2.09. The van der Waals surface area contributed by atoms with Gasteiger partial charge in [0.1, 0.15) is 0 Å². The number of nitrogens with zero attached hydrogens (tertiary/aromatic N) is 2. The largest absolute Gasteiger partial charge is 0.327 e. The van der Waals surface area contributed by atoms with Crippen molar-refractivity contribution in [2.24, 2.45) is 7.05 Å². The number of aryl methyl sites for hydroxylation is 1. The van der Waals surface area contributed by atoms with Crippen molar-refractivity contribution in [1.29, 1.82) is 0 Å². The predicted octanol–water partition coefficient (Wildman–Crippen LogP) is 2.06. The fourth-order valence-electron chi connectivity index (χ4n) is 1.12. The Morgan fingerprint density at radius 2 is 2.15 bits per heavy atom. The molecular weight excluding hydrogens is 164 g/mol. The van der Waals surface area contributed by atoms with Gasteiger partial charge in [0.15, 0.2) is 0 Å². The van der Waals surface area contributed by atoms with E-state index in [0.29, 0.717) is 5.92 Å². The van der Waals surface area contributed by atoms with Crippen LogP contribution in [-0.4, -0.2) is 4.57 Å². The summed E-state index contributed by atoms with van der Waals surface area (Å²) in [5.41, 5.74) is 1.00. The second-order valence-corrected chi connectivity index (χ2v) is 3.34. The summed E-state index contributed by atoms with van der Waals surface area (Å²) in [6, 6.07) is 1.67. The highest BCUT2D eigenvalue weighted by atomic mass is 16.1. The second kappa shape index (κ2) is 3.44. The molecule has 1 aromatic rings. The quantitative estimate of drug-likeness (QED) is 0.601. The zero-order chi connectivity index (χ0) is 10.0. The lowest BCUT2D eigenvalue weighted by atomic mass is 10.1. The number of hydrogen-bond acceptors (Lipinski definition) is 1. The van der Waals surface area contributed by atoms with Crippen molar-refractivity contribution >= 4 is 5.69 Å². The third kappa shape index (κ3) is 1.78. The highest BCUT2D eigenvalue weighted by Crippen LogP contribution is 2.16. The van der Waals surface area contributed by atoms with Crippen LogP contribution in [0.4, 0.5) is 5.69 Å². The molecule has 1 heterocycles. The predicted molar refractivity (Wildman–Crippen MR) is 52.0 cm³/mol. The molecule has 0 aliphatic rings. The van der Waals surface area contributed by atoms with E-state index >= 15 is 0 Å². The molecule has 13 heavy (non-hydrogen) atoms. The van der Waals surface area contributed by atoms with Crippen LogP contribution in [-0.2, 0) is 7.05 Å². The van der Waals surface area contributed by atoms with Crippen molar-refractivity contribution in [2.75, 3.05) is 0 Å². The topological polar surface area (TPSA) is 26.4 Å². The van der Waals surface area contributed by atoms with Crippen molar-refractivity contribution in [3.05, 3.63) is 39.6 Å². The zero-order valence-electron chi connectivity index (χ0n) is 8.03. The molecule has 0 saturated heterocycles. The molecular formula is C10H12N2O. The molecule has 0 aromatic carbocycles. The Morgan fingerprint density at radius 1 is 1.54 bits per heavy atom. The van der Waals surface area contributed by atoms with Gasteiger partial charge in [-0.1, -0.05) is 13.8 Å². The van der Waals surface area contributed by atoms with E-state index in [2.05, 4.69) is 4.85 Å². The van der Waals surface area contributed by atoms with E-state index in [1.165, 1.54) is 4.57 Å². The minimum absolute atomic E-state index is 0.203. The molecule has 0 aliphatic carbocycles. The first-order chi connectivity index (χ1) is 6.06. The van der Waals surface area contributed by atoms with Gasteiger partial charge in [-0.3, -0.25) is 4.79 Å². The van der Waals surface area contributed by atoms with Gasteiger partial charge >= 0.3 is 0 Å². The van der Waals surface area contributed by atoms with Crippen LogP contribution >= 0.6 is 0 Å². The fourth-order valence-corrected chi connectivity index (χ4v) is 1.12. The summed E-state index contributed by atoms with van der Waals surface area (Å²) in [5.74, 6) is 0.340. The van der Waals surface area contributed by atoms with Gasteiger partial charge in [0, 0.05) is 13.2 Å². The van der Waals surface area contributed by atoms with Crippen LogP contribution in [0.25, 0.3) is 4.85 Å². The Labute approximate surface area is 77.4 Å². The molecule has 3 nitrogen and oxygen atoms in total. The highest BCUT2D eigenvalue weighted by molar-refractivity contribution is 5.44. The molecule has 0 spiro atoms. The summed E-state index contributed by atoms with van der Waals surface area (Å²) in [6.07, 6.45) is 1.78. The Hall–Kier alpha value is -1.56. The monoisotopic (exact) mass is 176 g/mol. The first-order valence-electron chi connectivity index (χ1n) is 4.14. The molecule has 0 fully saturated rings. The molecule has 1 aromatic heterocycles. The molecule has 68 valence electrons. The van der Waals surface area contributed by atoms with E-state index in [0.717, 1.165) is 5.56 Å². The van der Waals surface area contributed by atoms with E-state index in [4.69, 9.17) is 6.57 Å². The fraction of sp³-hybridized carbons (Fsp3) is 0.400. The molecule has 3 heteroatoms. The Morgan fingerprint density at radius 3 is 2.62 bits per heavy atom. The van der Waals surface area contributed by atoms with Crippen LogP contribution in [0.15, 0.2) is 17.1 Å². The van der Waals surface area contributed by atoms with E-state index in [9.17, 15) is 4.79 Å². The number of hydrogen-bond donors (Lipinski definition) is 0. The van der Waals surface area contributed by atoms with E-state index in [1.807, 2.05) is 13.8 Å². The van der Waals surface area contributed by atoms with Gasteiger partial charge in [-0.25, -0.2) is 4.85 Å². The van der Waals surface area contributed by atoms with Crippen LogP contribution in [0, 0.1) is 6.57 Å². The summed E-state index contributed by atoms with van der Waals surface area (Å²) in [6.45, 7) is 10.9. The number of rotatable bonds is 1. The van der Waals surface area contributed by atoms with Crippen LogP contribution in [0.2, 0.25) is 0 Å². The summed E-state index contributed by atoms with van der Waals surface area (Å²) in [4.78, 5) is 14.5. The maximum Gasteiger partial charge on any atom is 0.256 e. The van der Waals surface area contributed by atoms with Gasteiger partial charge in [-0.15, -0.1) is 0 Å². The first kappa shape index (κ1) is 9.53. The second-order valence-electron chi connectivity index (χ2n) is 3.34. The van der Waals surface area contributed by atoms with Gasteiger partial charge in [-0.2, -0.15) is 0 Å². The van der Waals surface area contributed by atoms with E-state index in [-0.39, 0.29) is 11.2 Å². The van der Waals surface area contributed by atoms with E-state index < -0.39 is 0 Å². The van der Waals surface area contributed by atoms with Gasteiger partial charge in [0.2, 0.25) is 0 Å². The Bertz CT molecular complexity index is 410. The standard InChI is InChI=1S/C10H12N2O/c1-7(2)8-5-9(11-3)10(13)12(4)6-8/h5-7H,1-2,4H3. The lowest BCUT2D eigenvalue weighted by Crippen LogP contribution is -2.16. The molecule has 0 unspecified atom stereocenters. The molecule has 0 saturated carbocycles. The summed E-state index contributed by atoms with van der Waals surface area (Å²) in [7, 11) is 1.67. The lowest BCUT2D eigenvalue weighted by molar-refractivity contribution is 0.798. The normalized spacial score (nSPS) is 10.1. The van der Waals surface area contributed by atoms with Gasteiger partial charge in [0.25, 0.3) is 11.2 Å². The Kier molecular flexibility index (Phi) is 2.52. The molecule has 0 bridgehead atoms. The van der Waals surface area contributed by atoms with Crippen LogP contribution in [0.3, 0.4) is 0 Å².